The first-order valence-electron chi connectivity index (χ1n) is 6.48. The molecule has 0 N–H and O–H groups in total. The molecule has 0 fully saturated rings. The van der Waals surface area contributed by atoms with Crippen LogP contribution in [0, 0.1) is 6.92 Å². The van der Waals surface area contributed by atoms with Crippen molar-refractivity contribution in [3.8, 4) is 0 Å². The number of carbonyl (C=O) groups is 1. The summed E-state index contributed by atoms with van der Waals surface area (Å²) in [5, 5.41) is 0. The van der Waals surface area contributed by atoms with Crippen LogP contribution in [-0.4, -0.2) is 13.0 Å². The Bertz CT molecular complexity index is 688. The van der Waals surface area contributed by atoms with Gasteiger partial charge in [0.2, 0.25) is 0 Å². The second kappa shape index (κ2) is 5.17. The molecular weight excluding hydrogens is 266 g/mol. The lowest BCUT2D eigenvalue weighted by Crippen LogP contribution is -2.29. The molecule has 0 unspecified atom stereocenters. The first kappa shape index (κ1) is 13.0. The summed E-state index contributed by atoms with van der Waals surface area (Å²) >= 11 is 1.54. The zero-order valence-corrected chi connectivity index (χ0v) is 12.3. The highest BCUT2D eigenvalue weighted by Gasteiger charge is 2.25. The third-order valence-electron chi connectivity index (χ3n) is 3.34. The zero-order valence-electron chi connectivity index (χ0n) is 11.5. The largest absolute Gasteiger partial charge is 0.310 e. The van der Waals surface area contributed by atoms with Gasteiger partial charge in [-0.2, -0.15) is 0 Å². The van der Waals surface area contributed by atoms with E-state index in [2.05, 4.69) is 19.1 Å². The molecule has 2 aromatic carbocycles. The summed E-state index contributed by atoms with van der Waals surface area (Å²) in [5.74, 6) is 0.0503. The Morgan fingerprint density at radius 1 is 1.05 bits per heavy atom. The van der Waals surface area contributed by atoms with Gasteiger partial charge in [-0.25, -0.2) is 0 Å². The van der Waals surface area contributed by atoms with Gasteiger partial charge in [0.1, 0.15) is 0 Å². The first-order chi connectivity index (χ1) is 9.65. The number of likely N-dealkylation sites (N-methyl/N-ethyl adjacent to an activating group) is 1. The molecule has 3 heteroatoms. The van der Waals surface area contributed by atoms with Gasteiger partial charge in [0.15, 0.2) is 0 Å². The molecule has 0 aliphatic carbocycles. The number of rotatable bonds is 1. The quantitative estimate of drug-likeness (QED) is 0.733. The fourth-order valence-corrected chi connectivity index (χ4v) is 3.27. The van der Waals surface area contributed by atoms with Gasteiger partial charge in [0.05, 0.1) is 10.6 Å². The van der Waals surface area contributed by atoms with E-state index in [1.807, 2.05) is 49.5 Å². The standard InChI is InChI=1S/C17H15NOS/c1-12-7-9-13(10-8-12)11-16-17(19)18(2)14-5-3-4-6-15(14)20-16/h3-11H,1-2H3/b16-11+. The average Bonchev–Trinajstić information content (AvgIpc) is 2.47. The number of aryl methyl sites for hydroxylation is 1. The van der Waals surface area contributed by atoms with Gasteiger partial charge in [-0.1, -0.05) is 53.7 Å². The van der Waals surface area contributed by atoms with Gasteiger partial charge in [0, 0.05) is 11.9 Å². The van der Waals surface area contributed by atoms with Crippen molar-refractivity contribution in [2.24, 2.45) is 0 Å². The Labute approximate surface area is 123 Å². The summed E-state index contributed by atoms with van der Waals surface area (Å²) in [5.41, 5.74) is 3.25. The lowest BCUT2D eigenvalue weighted by Gasteiger charge is -2.26. The molecule has 0 saturated heterocycles. The Morgan fingerprint density at radius 3 is 2.50 bits per heavy atom. The Balaban J connectivity index is 2.00. The van der Waals surface area contributed by atoms with Crippen LogP contribution in [0.15, 0.2) is 58.3 Å². The molecule has 0 aromatic heterocycles. The number of benzene rings is 2. The van der Waals surface area contributed by atoms with Gasteiger partial charge in [0.25, 0.3) is 5.91 Å². The Morgan fingerprint density at radius 2 is 1.75 bits per heavy atom. The van der Waals surface area contributed by atoms with Gasteiger partial charge in [-0.3, -0.25) is 4.79 Å². The van der Waals surface area contributed by atoms with Crippen LogP contribution in [0.25, 0.3) is 6.08 Å². The fourth-order valence-electron chi connectivity index (χ4n) is 2.16. The van der Waals surface area contributed by atoms with Crippen molar-refractivity contribution in [3.05, 3.63) is 64.6 Å². The summed E-state index contributed by atoms with van der Waals surface area (Å²) in [6.45, 7) is 2.06. The molecule has 3 rings (SSSR count). The van der Waals surface area contributed by atoms with E-state index < -0.39 is 0 Å². The predicted octanol–water partition coefficient (Wildman–Crippen LogP) is 4.10. The van der Waals surface area contributed by atoms with Crippen LogP contribution in [0.2, 0.25) is 0 Å². The monoisotopic (exact) mass is 281 g/mol. The van der Waals surface area contributed by atoms with Crippen molar-refractivity contribution in [3.63, 3.8) is 0 Å². The molecule has 1 amide bonds. The summed E-state index contributed by atoms with van der Waals surface area (Å²) in [6.07, 6.45) is 1.96. The van der Waals surface area contributed by atoms with Crippen LogP contribution >= 0.6 is 11.8 Å². The maximum absolute atomic E-state index is 12.4. The van der Waals surface area contributed by atoms with Crippen LogP contribution in [0.5, 0.6) is 0 Å². The first-order valence-corrected chi connectivity index (χ1v) is 7.30. The molecule has 100 valence electrons. The molecule has 2 aromatic rings. The molecule has 1 heterocycles. The summed E-state index contributed by atoms with van der Waals surface area (Å²) < 4.78 is 0. The van der Waals surface area contributed by atoms with Crippen molar-refractivity contribution in [2.75, 3.05) is 11.9 Å². The predicted molar refractivity (Wildman–Crippen MR) is 84.9 cm³/mol. The van der Waals surface area contributed by atoms with E-state index in [-0.39, 0.29) is 5.91 Å². The summed E-state index contributed by atoms with van der Waals surface area (Å²) in [4.78, 5) is 16.0. The number of hydrogen-bond acceptors (Lipinski definition) is 2. The molecule has 0 radical (unpaired) electrons. The van der Waals surface area contributed by atoms with Crippen molar-refractivity contribution in [1.82, 2.24) is 0 Å². The fraction of sp³-hybridized carbons (Fsp3) is 0.118. The van der Waals surface area contributed by atoms with Crippen LogP contribution in [-0.2, 0) is 4.79 Å². The van der Waals surface area contributed by atoms with Crippen LogP contribution in [0.4, 0.5) is 5.69 Å². The van der Waals surface area contributed by atoms with Gasteiger partial charge in [-0.05, 0) is 30.7 Å². The summed E-state index contributed by atoms with van der Waals surface area (Å²) in [7, 11) is 1.82. The Kier molecular flexibility index (Phi) is 3.36. The Hall–Kier alpha value is -2.00. The van der Waals surface area contributed by atoms with Gasteiger partial charge in [-0.15, -0.1) is 0 Å². The number of thioether (sulfide) groups is 1. The van der Waals surface area contributed by atoms with E-state index in [1.165, 1.54) is 17.3 Å². The minimum Gasteiger partial charge on any atom is -0.310 e. The number of hydrogen-bond donors (Lipinski definition) is 0. The van der Waals surface area contributed by atoms with E-state index in [1.54, 1.807) is 4.90 Å². The lowest BCUT2D eigenvalue weighted by molar-refractivity contribution is -0.114. The molecule has 20 heavy (non-hydrogen) atoms. The van der Waals surface area contributed by atoms with E-state index in [0.717, 1.165) is 21.1 Å². The van der Waals surface area contributed by atoms with Crippen LogP contribution in [0.1, 0.15) is 11.1 Å². The third kappa shape index (κ3) is 2.37. The molecule has 1 aliphatic rings. The SMILES string of the molecule is Cc1ccc(/C=C2/Sc3ccccc3N(C)C2=O)cc1. The molecular formula is C17H15NOS. The minimum absolute atomic E-state index is 0.0503. The zero-order chi connectivity index (χ0) is 14.1. The highest BCUT2D eigenvalue weighted by molar-refractivity contribution is 8.04. The van der Waals surface area contributed by atoms with Gasteiger partial charge >= 0.3 is 0 Å². The lowest BCUT2D eigenvalue weighted by atomic mass is 10.1. The molecule has 2 nitrogen and oxygen atoms in total. The highest BCUT2D eigenvalue weighted by Crippen LogP contribution is 2.41. The number of anilines is 1. The maximum atomic E-state index is 12.4. The van der Waals surface area contributed by atoms with Crippen molar-refractivity contribution in [2.45, 2.75) is 11.8 Å². The average molecular weight is 281 g/mol. The molecule has 0 saturated carbocycles. The molecule has 0 spiro atoms. The number of para-hydroxylation sites is 1. The second-order valence-corrected chi connectivity index (χ2v) is 5.94. The number of nitrogens with zero attached hydrogens (tertiary/aromatic N) is 1. The minimum atomic E-state index is 0.0503. The van der Waals surface area contributed by atoms with E-state index >= 15 is 0 Å². The highest BCUT2D eigenvalue weighted by atomic mass is 32.2. The molecule has 0 bridgehead atoms. The van der Waals surface area contributed by atoms with Gasteiger partial charge < -0.3 is 4.90 Å². The molecule has 1 aliphatic heterocycles. The molecule has 0 atom stereocenters. The maximum Gasteiger partial charge on any atom is 0.264 e. The van der Waals surface area contributed by atoms with Crippen LogP contribution in [0.3, 0.4) is 0 Å². The number of carbonyl (C=O) groups excluding carboxylic acids is 1. The number of amides is 1. The summed E-state index contributed by atoms with van der Waals surface area (Å²) in [6, 6.07) is 16.2. The smallest absolute Gasteiger partial charge is 0.264 e. The van der Waals surface area contributed by atoms with E-state index in [4.69, 9.17) is 0 Å². The van der Waals surface area contributed by atoms with Crippen molar-refractivity contribution >= 4 is 29.4 Å². The normalized spacial score (nSPS) is 16.4. The number of fused-ring (bicyclic) bond motifs is 1. The van der Waals surface area contributed by atoms with E-state index in [9.17, 15) is 4.79 Å². The van der Waals surface area contributed by atoms with E-state index in [0.29, 0.717) is 0 Å². The van der Waals surface area contributed by atoms with Crippen LogP contribution < -0.4 is 4.90 Å². The second-order valence-electron chi connectivity index (χ2n) is 4.85. The topological polar surface area (TPSA) is 20.3 Å². The van der Waals surface area contributed by atoms with Crippen molar-refractivity contribution < 1.29 is 4.79 Å². The van der Waals surface area contributed by atoms with Crippen molar-refractivity contribution in [1.29, 1.82) is 0 Å². The third-order valence-corrected chi connectivity index (χ3v) is 4.41.